The number of phenols is 1. The number of halogens is 1. The molecule has 0 saturated heterocycles. The van der Waals surface area contributed by atoms with Gasteiger partial charge in [0.15, 0.2) is 0 Å². The molecular weight excluding hydrogens is 272 g/mol. The molecule has 0 saturated carbocycles. The van der Waals surface area contributed by atoms with E-state index in [0.29, 0.717) is 10.9 Å². The van der Waals surface area contributed by atoms with E-state index in [1.54, 1.807) is 13.0 Å². The lowest BCUT2D eigenvalue weighted by molar-refractivity contribution is -0.141. The SMILES string of the molecule is Cc1cc(O)c(Br)c(C)c1CC(C)C(=O)O. The molecule has 88 valence electrons. The summed E-state index contributed by atoms with van der Waals surface area (Å²) in [5.74, 6) is -1.03. The van der Waals surface area contributed by atoms with Crippen LogP contribution in [0.4, 0.5) is 0 Å². The first kappa shape index (κ1) is 13.0. The number of carbonyl (C=O) groups is 1. The second-order valence-corrected chi connectivity index (χ2v) is 4.87. The van der Waals surface area contributed by atoms with Crippen LogP contribution in [0.3, 0.4) is 0 Å². The van der Waals surface area contributed by atoms with Crippen molar-refractivity contribution in [2.24, 2.45) is 5.92 Å². The Kier molecular flexibility index (Phi) is 3.97. The number of carboxylic acid groups (broad SMARTS) is 1. The first-order chi connectivity index (χ1) is 7.34. The zero-order valence-corrected chi connectivity index (χ0v) is 11.1. The van der Waals surface area contributed by atoms with Gasteiger partial charge in [0, 0.05) is 0 Å². The van der Waals surface area contributed by atoms with Gasteiger partial charge >= 0.3 is 5.97 Å². The van der Waals surface area contributed by atoms with E-state index < -0.39 is 11.9 Å². The van der Waals surface area contributed by atoms with Crippen LogP contribution in [0.1, 0.15) is 23.6 Å². The van der Waals surface area contributed by atoms with E-state index in [1.165, 1.54) is 0 Å². The first-order valence-corrected chi connectivity index (χ1v) is 5.84. The zero-order chi connectivity index (χ0) is 12.5. The lowest BCUT2D eigenvalue weighted by Crippen LogP contribution is -2.13. The summed E-state index contributed by atoms with van der Waals surface area (Å²) < 4.78 is 0.644. The Balaban J connectivity index is 3.14. The van der Waals surface area contributed by atoms with E-state index in [4.69, 9.17) is 5.11 Å². The number of aromatic hydroxyl groups is 1. The summed E-state index contributed by atoms with van der Waals surface area (Å²) in [6.07, 6.45) is 0.478. The highest BCUT2D eigenvalue weighted by Crippen LogP contribution is 2.33. The molecular formula is C12H15BrO3. The molecule has 0 heterocycles. The van der Waals surface area contributed by atoms with E-state index in [2.05, 4.69) is 15.9 Å². The number of benzene rings is 1. The van der Waals surface area contributed by atoms with Crippen LogP contribution in [0.2, 0.25) is 0 Å². The third-order valence-electron chi connectivity index (χ3n) is 2.77. The van der Waals surface area contributed by atoms with E-state index in [-0.39, 0.29) is 5.75 Å². The fourth-order valence-electron chi connectivity index (χ4n) is 1.68. The average Bonchev–Trinajstić information content (AvgIpc) is 2.20. The Morgan fingerprint density at radius 2 is 2.06 bits per heavy atom. The van der Waals surface area contributed by atoms with Crippen molar-refractivity contribution in [3.63, 3.8) is 0 Å². The monoisotopic (exact) mass is 286 g/mol. The molecule has 0 spiro atoms. The van der Waals surface area contributed by atoms with Crippen molar-refractivity contribution < 1.29 is 15.0 Å². The number of hydrogen-bond donors (Lipinski definition) is 2. The molecule has 1 atom stereocenters. The highest BCUT2D eigenvalue weighted by atomic mass is 79.9. The molecule has 0 aromatic heterocycles. The second kappa shape index (κ2) is 4.87. The molecule has 1 aromatic carbocycles. The average molecular weight is 287 g/mol. The molecule has 0 radical (unpaired) electrons. The van der Waals surface area contributed by atoms with E-state index in [0.717, 1.165) is 16.7 Å². The van der Waals surface area contributed by atoms with Gasteiger partial charge < -0.3 is 10.2 Å². The predicted molar refractivity (Wildman–Crippen MR) is 65.8 cm³/mol. The fourth-order valence-corrected chi connectivity index (χ4v) is 2.04. The molecule has 0 fully saturated rings. The van der Waals surface area contributed by atoms with Gasteiger partial charge in [-0.1, -0.05) is 6.92 Å². The van der Waals surface area contributed by atoms with Gasteiger partial charge in [-0.25, -0.2) is 0 Å². The fraction of sp³-hybridized carbons (Fsp3) is 0.417. The second-order valence-electron chi connectivity index (χ2n) is 4.07. The number of aryl methyl sites for hydroxylation is 1. The highest BCUT2D eigenvalue weighted by molar-refractivity contribution is 9.10. The smallest absolute Gasteiger partial charge is 0.306 e. The van der Waals surface area contributed by atoms with Crippen LogP contribution in [0.15, 0.2) is 10.5 Å². The molecule has 0 amide bonds. The number of hydrogen-bond acceptors (Lipinski definition) is 2. The molecule has 0 aliphatic carbocycles. The minimum Gasteiger partial charge on any atom is -0.507 e. The summed E-state index contributed by atoms with van der Waals surface area (Å²) in [5, 5.41) is 18.5. The van der Waals surface area contributed by atoms with E-state index in [1.807, 2.05) is 13.8 Å². The maximum atomic E-state index is 10.8. The normalized spacial score (nSPS) is 12.5. The topological polar surface area (TPSA) is 57.5 Å². The molecule has 0 aliphatic rings. The van der Waals surface area contributed by atoms with Crippen molar-refractivity contribution in [3.05, 3.63) is 27.2 Å². The van der Waals surface area contributed by atoms with Crippen LogP contribution in [0, 0.1) is 19.8 Å². The number of carboxylic acids is 1. The minimum atomic E-state index is -0.803. The van der Waals surface area contributed by atoms with Gasteiger partial charge in [-0.2, -0.15) is 0 Å². The van der Waals surface area contributed by atoms with Gasteiger partial charge in [-0.05, 0) is 59.0 Å². The largest absolute Gasteiger partial charge is 0.507 e. The van der Waals surface area contributed by atoms with Crippen molar-refractivity contribution in [1.82, 2.24) is 0 Å². The Bertz CT molecular complexity index is 427. The first-order valence-electron chi connectivity index (χ1n) is 5.05. The van der Waals surface area contributed by atoms with Crippen molar-refractivity contribution in [2.45, 2.75) is 27.2 Å². The van der Waals surface area contributed by atoms with Gasteiger partial charge in [-0.3, -0.25) is 4.79 Å². The van der Waals surface area contributed by atoms with Crippen molar-refractivity contribution in [3.8, 4) is 5.75 Å². The molecule has 2 N–H and O–H groups in total. The van der Waals surface area contributed by atoms with Crippen molar-refractivity contribution in [2.75, 3.05) is 0 Å². The third-order valence-corrected chi connectivity index (χ3v) is 3.77. The Morgan fingerprint density at radius 3 is 2.56 bits per heavy atom. The van der Waals surface area contributed by atoms with Crippen LogP contribution < -0.4 is 0 Å². The van der Waals surface area contributed by atoms with Gasteiger partial charge in [-0.15, -0.1) is 0 Å². The highest BCUT2D eigenvalue weighted by Gasteiger charge is 2.17. The van der Waals surface area contributed by atoms with Gasteiger partial charge in [0.25, 0.3) is 0 Å². The standard InChI is InChI=1S/C12H15BrO3/c1-6-5-10(14)11(13)8(3)9(6)4-7(2)12(15)16/h5,7,14H,4H2,1-3H3,(H,15,16). The Morgan fingerprint density at radius 1 is 1.50 bits per heavy atom. The lowest BCUT2D eigenvalue weighted by atomic mass is 9.93. The zero-order valence-electron chi connectivity index (χ0n) is 9.54. The summed E-state index contributed by atoms with van der Waals surface area (Å²) >= 11 is 3.29. The summed E-state index contributed by atoms with van der Waals surface area (Å²) in [7, 11) is 0. The molecule has 1 rings (SSSR count). The van der Waals surface area contributed by atoms with Crippen LogP contribution in [0.5, 0.6) is 5.75 Å². The molecule has 16 heavy (non-hydrogen) atoms. The summed E-state index contributed by atoms with van der Waals surface area (Å²) in [4.78, 5) is 10.8. The van der Waals surface area contributed by atoms with Gasteiger partial charge in [0.1, 0.15) is 5.75 Å². The summed E-state index contributed by atoms with van der Waals surface area (Å²) in [6.45, 7) is 5.44. The molecule has 0 aliphatic heterocycles. The van der Waals surface area contributed by atoms with Crippen LogP contribution in [-0.2, 0) is 11.2 Å². The summed E-state index contributed by atoms with van der Waals surface area (Å²) in [6, 6.07) is 1.65. The van der Waals surface area contributed by atoms with E-state index in [9.17, 15) is 9.90 Å². The minimum absolute atomic E-state index is 0.196. The van der Waals surface area contributed by atoms with E-state index >= 15 is 0 Å². The van der Waals surface area contributed by atoms with Gasteiger partial charge in [0.2, 0.25) is 0 Å². The predicted octanol–water partition coefficient (Wildman–Crippen LogP) is 3.03. The van der Waals surface area contributed by atoms with Crippen LogP contribution in [-0.4, -0.2) is 16.2 Å². The molecule has 1 unspecified atom stereocenters. The number of rotatable bonds is 3. The number of phenolic OH excluding ortho intramolecular Hbond substituents is 1. The third kappa shape index (κ3) is 2.55. The number of aliphatic carboxylic acids is 1. The Labute approximate surface area is 103 Å². The van der Waals surface area contributed by atoms with Crippen molar-refractivity contribution >= 4 is 21.9 Å². The van der Waals surface area contributed by atoms with Crippen LogP contribution in [0.25, 0.3) is 0 Å². The van der Waals surface area contributed by atoms with Crippen LogP contribution >= 0.6 is 15.9 Å². The summed E-state index contributed by atoms with van der Waals surface area (Å²) in [5.41, 5.74) is 2.82. The van der Waals surface area contributed by atoms with Crippen molar-refractivity contribution in [1.29, 1.82) is 0 Å². The quantitative estimate of drug-likeness (QED) is 0.898. The maximum Gasteiger partial charge on any atom is 0.306 e. The van der Waals surface area contributed by atoms with Gasteiger partial charge in [0.05, 0.1) is 10.4 Å². The maximum absolute atomic E-state index is 10.8. The molecule has 0 bridgehead atoms. The molecule has 1 aromatic rings. The lowest BCUT2D eigenvalue weighted by Gasteiger charge is -2.15. The Hall–Kier alpha value is -1.03. The molecule has 4 heteroatoms. The molecule has 3 nitrogen and oxygen atoms in total.